The first kappa shape index (κ1) is 33.3. The van der Waals surface area contributed by atoms with Gasteiger partial charge in [-0.3, -0.25) is 9.69 Å². The third-order valence-electron chi connectivity index (χ3n) is 10.1. The van der Waals surface area contributed by atoms with Gasteiger partial charge in [0, 0.05) is 55.2 Å². The monoisotopic (exact) mass is 705 g/mol. The van der Waals surface area contributed by atoms with Crippen LogP contribution in [0.25, 0.3) is 32.2 Å². The van der Waals surface area contributed by atoms with E-state index in [0.717, 1.165) is 36.0 Å². The maximum absolute atomic E-state index is 16.9. The summed E-state index contributed by atoms with van der Waals surface area (Å²) in [7, 11) is 1.60. The Labute approximate surface area is 281 Å². The molecule has 2 aromatic heterocycles. The predicted molar refractivity (Wildman–Crippen MR) is 174 cm³/mol. The molecule has 0 radical (unpaired) electrons. The van der Waals surface area contributed by atoms with Crippen molar-refractivity contribution in [3.05, 3.63) is 48.1 Å². The van der Waals surface area contributed by atoms with Crippen molar-refractivity contribution in [2.24, 2.45) is 0 Å². The Bertz CT molecular complexity index is 1990. The van der Waals surface area contributed by atoms with E-state index in [4.69, 9.17) is 10.5 Å². The lowest BCUT2D eigenvalue weighted by Crippen LogP contribution is -2.43. The second kappa shape index (κ2) is 12.0. The molecule has 260 valence electrons. The van der Waals surface area contributed by atoms with Crippen LogP contribution in [0.2, 0.25) is 0 Å². The molecule has 9 nitrogen and oxygen atoms in total. The van der Waals surface area contributed by atoms with Crippen molar-refractivity contribution >= 4 is 49.3 Å². The minimum absolute atomic E-state index is 0.00401. The Morgan fingerprint density at radius 1 is 1.22 bits per heavy atom. The second-order valence-corrected chi connectivity index (χ2v) is 14.1. The average molecular weight is 706 g/mol. The van der Waals surface area contributed by atoms with Gasteiger partial charge in [-0.2, -0.15) is 23.1 Å². The summed E-state index contributed by atoms with van der Waals surface area (Å²) in [4.78, 5) is 30.6. The van der Waals surface area contributed by atoms with Crippen molar-refractivity contribution in [3.63, 3.8) is 0 Å². The molecule has 3 saturated heterocycles. The van der Waals surface area contributed by atoms with Gasteiger partial charge < -0.3 is 20.3 Å². The Morgan fingerprint density at radius 2 is 2.00 bits per heavy atom. The summed E-state index contributed by atoms with van der Waals surface area (Å²) in [6.45, 7) is 6.57. The number of thiazole rings is 1. The van der Waals surface area contributed by atoms with Crippen molar-refractivity contribution in [2.45, 2.75) is 62.6 Å². The number of likely N-dealkylation sites (tertiary alicyclic amines) is 1. The Balaban J connectivity index is 1.41. The fourth-order valence-electron chi connectivity index (χ4n) is 7.73. The summed E-state index contributed by atoms with van der Waals surface area (Å²) in [6.07, 6.45) is -2.72. The first-order valence-electron chi connectivity index (χ1n) is 15.8. The SMILES string of the molecule is C=CC(=O)N1C[C@H](N(C)c2nc(OC[C@@]34CCCN3C[C@H](F)C4)nc3c(F)c(-c4ccc(F)c5sc(N)nc45)c(C(F)(F)F)cc23)C[C@@H]1C. The molecular weight excluding hydrogens is 672 g/mol. The average Bonchev–Trinajstić information content (AvgIpc) is 3.81. The lowest BCUT2D eigenvalue weighted by atomic mass is 9.94. The summed E-state index contributed by atoms with van der Waals surface area (Å²) in [5, 5.41) is -0.346. The van der Waals surface area contributed by atoms with Gasteiger partial charge >= 0.3 is 12.2 Å². The van der Waals surface area contributed by atoms with E-state index in [0.29, 0.717) is 19.4 Å². The molecule has 5 heterocycles. The van der Waals surface area contributed by atoms with Crippen molar-refractivity contribution in [1.82, 2.24) is 24.8 Å². The van der Waals surface area contributed by atoms with Gasteiger partial charge in [0.2, 0.25) is 5.91 Å². The fourth-order valence-corrected chi connectivity index (χ4v) is 8.50. The zero-order valence-electron chi connectivity index (χ0n) is 26.7. The summed E-state index contributed by atoms with van der Waals surface area (Å²) in [6, 6.07) is 1.83. The minimum Gasteiger partial charge on any atom is -0.461 e. The molecular formula is C33H33F6N7O2S. The first-order chi connectivity index (χ1) is 23.2. The van der Waals surface area contributed by atoms with Crippen LogP contribution < -0.4 is 15.4 Å². The fraction of sp³-hybridized carbons (Fsp3) is 0.455. The molecule has 4 aromatic rings. The highest BCUT2D eigenvalue weighted by Gasteiger charge is 2.49. The number of fused-ring (bicyclic) bond motifs is 3. The molecule has 3 aliphatic heterocycles. The van der Waals surface area contributed by atoms with Crippen LogP contribution in [0.4, 0.5) is 37.3 Å². The van der Waals surface area contributed by atoms with E-state index in [1.807, 2.05) is 11.8 Å². The number of rotatable bonds is 7. The number of aromatic nitrogens is 3. The predicted octanol–water partition coefficient (Wildman–Crippen LogP) is 6.35. The van der Waals surface area contributed by atoms with Crippen LogP contribution >= 0.6 is 11.3 Å². The van der Waals surface area contributed by atoms with Crippen LogP contribution in [0.1, 0.15) is 38.2 Å². The van der Waals surface area contributed by atoms with Gasteiger partial charge in [0.05, 0.1) is 21.3 Å². The molecule has 1 amide bonds. The molecule has 3 fully saturated rings. The number of nitrogens with zero attached hydrogens (tertiary/aromatic N) is 6. The largest absolute Gasteiger partial charge is 0.461 e. The molecule has 0 spiro atoms. The number of carbonyl (C=O) groups is 1. The van der Waals surface area contributed by atoms with Gasteiger partial charge in [0.15, 0.2) is 10.9 Å². The summed E-state index contributed by atoms with van der Waals surface area (Å²) < 4.78 is 96.7. The molecule has 0 unspecified atom stereocenters. The number of alkyl halides is 4. The van der Waals surface area contributed by atoms with Gasteiger partial charge in [-0.05, 0) is 57.0 Å². The van der Waals surface area contributed by atoms with E-state index in [1.54, 1.807) is 16.8 Å². The van der Waals surface area contributed by atoms with Crippen molar-refractivity contribution in [2.75, 3.05) is 43.9 Å². The van der Waals surface area contributed by atoms with Crippen LogP contribution in [0, 0.1) is 11.6 Å². The van der Waals surface area contributed by atoms with E-state index in [-0.39, 0.29) is 76.2 Å². The number of likely N-dealkylation sites (N-methyl/N-ethyl adjacent to an activating group) is 1. The third kappa shape index (κ3) is 5.62. The number of nitrogen functional groups attached to an aromatic ring is 1. The van der Waals surface area contributed by atoms with Crippen LogP contribution in [0.5, 0.6) is 6.01 Å². The van der Waals surface area contributed by atoms with Gasteiger partial charge in [-0.15, -0.1) is 0 Å². The molecule has 16 heteroatoms. The smallest absolute Gasteiger partial charge is 0.417 e. The van der Waals surface area contributed by atoms with Gasteiger partial charge in [-0.1, -0.05) is 17.9 Å². The highest BCUT2D eigenvalue weighted by Crippen LogP contribution is 2.47. The molecule has 3 aliphatic rings. The molecule has 2 N–H and O–H groups in total. The number of nitrogens with two attached hydrogens (primary N) is 1. The Kier molecular flexibility index (Phi) is 8.16. The number of anilines is 2. The van der Waals surface area contributed by atoms with Crippen molar-refractivity contribution in [3.8, 4) is 17.1 Å². The number of carbonyl (C=O) groups excluding carboxylic acids is 1. The van der Waals surface area contributed by atoms with E-state index in [2.05, 4.69) is 21.5 Å². The summed E-state index contributed by atoms with van der Waals surface area (Å²) >= 11 is 0.734. The topological polar surface area (TPSA) is 101 Å². The minimum atomic E-state index is -5.07. The van der Waals surface area contributed by atoms with Crippen molar-refractivity contribution in [1.29, 1.82) is 0 Å². The molecule has 0 aliphatic carbocycles. The van der Waals surface area contributed by atoms with Crippen LogP contribution in [0.3, 0.4) is 0 Å². The van der Waals surface area contributed by atoms with Crippen LogP contribution in [-0.2, 0) is 11.0 Å². The number of hydrogen-bond acceptors (Lipinski definition) is 9. The number of amides is 1. The number of ether oxygens (including phenoxy) is 1. The first-order valence-corrected chi connectivity index (χ1v) is 16.7. The van der Waals surface area contributed by atoms with Crippen LogP contribution in [-0.4, -0.2) is 87.7 Å². The lowest BCUT2D eigenvalue weighted by molar-refractivity contribution is -0.137. The zero-order chi connectivity index (χ0) is 35.0. The maximum Gasteiger partial charge on any atom is 0.417 e. The van der Waals surface area contributed by atoms with Gasteiger partial charge in [-0.25, -0.2) is 18.2 Å². The van der Waals surface area contributed by atoms with E-state index in [1.165, 1.54) is 6.08 Å². The third-order valence-corrected chi connectivity index (χ3v) is 11.0. The number of halogens is 6. The summed E-state index contributed by atoms with van der Waals surface area (Å²) in [5.74, 6) is -2.44. The molecule has 49 heavy (non-hydrogen) atoms. The Morgan fingerprint density at radius 3 is 2.73 bits per heavy atom. The number of hydrogen-bond donors (Lipinski definition) is 1. The molecule has 2 aromatic carbocycles. The van der Waals surface area contributed by atoms with E-state index < -0.39 is 52.2 Å². The highest BCUT2D eigenvalue weighted by molar-refractivity contribution is 7.22. The normalized spacial score (nSPS) is 24.2. The zero-order valence-corrected chi connectivity index (χ0v) is 27.5. The van der Waals surface area contributed by atoms with E-state index in [9.17, 15) is 26.7 Å². The van der Waals surface area contributed by atoms with Crippen LogP contribution in [0.15, 0.2) is 30.9 Å². The van der Waals surface area contributed by atoms with Crippen molar-refractivity contribution < 1.29 is 35.9 Å². The highest BCUT2D eigenvalue weighted by atomic mass is 32.1. The van der Waals surface area contributed by atoms with E-state index >= 15 is 4.39 Å². The maximum atomic E-state index is 16.9. The molecule has 7 rings (SSSR count). The van der Waals surface area contributed by atoms with Gasteiger partial charge in [0.25, 0.3) is 0 Å². The number of benzene rings is 2. The second-order valence-electron chi connectivity index (χ2n) is 13.1. The standard InChI is InChI=1S/C33H33F6N7O2S/c1-4-23(47)46-14-18(10-16(46)2)44(3)29-20-11-21(33(37,38)39)24(19-6-7-22(35)28-27(19)41-30(40)49-28)25(36)26(20)42-31(43-29)48-15-32-8-5-9-45(32)13-17(34)12-32/h4,6-7,11,16-18H,1,5,8-10,12-15H2,2-3H3,(H2,40,41)/t16-,17+,18+,32-/m0/s1. The molecule has 0 bridgehead atoms. The molecule has 0 saturated carbocycles. The lowest BCUT2D eigenvalue weighted by Gasteiger charge is -2.31. The quantitative estimate of drug-likeness (QED) is 0.176. The van der Waals surface area contributed by atoms with Gasteiger partial charge in [0.1, 0.15) is 29.9 Å². The molecule has 4 atom stereocenters. The summed E-state index contributed by atoms with van der Waals surface area (Å²) in [5.41, 5.74) is 1.98. The Hall–Kier alpha value is -4.18.